The second-order valence-electron chi connectivity index (χ2n) is 29.0. The molecule has 1 aliphatic carbocycles. The van der Waals surface area contributed by atoms with Crippen LogP contribution in [0.25, 0.3) is 89.7 Å². The van der Waals surface area contributed by atoms with Gasteiger partial charge in [0, 0.05) is 102 Å². The Kier molecular flexibility index (Phi) is 25.4. The van der Waals surface area contributed by atoms with E-state index in [0.717, 1.165) is 80.9 Å². The lowest BCUT2D eigenvalue weighted by Gasteiger charge is -2.35. The van der Waals surface area contributed by atoms with E-state index in [4.69, 9.17) is 44.1 Å². The first-order valence-corrected chi connectivity index (χ1v) is 39.5. The Morgan fingerprint density at radius 1 is 0.460 bits per heavy atom. The minimum Gasteiger partial charge on any atom is -0.485 e. The maximum absolute atomic E-state index is 14.9. The fourth-order valence-electron chi connectivity index (χ4n) is 14.7. The number of para-hydroxylation sites is 4. The Bertz CT molecular complexity index is 6620. The van der Waals surface area contributed by atoms with Gasteiger partial charge in [-0.2, -0.15) is 20.4 Å². The molecule has 2 fully saturated rings. The molecule has 16 aromatic rings. The number of anilines is 9. The first kappa shape index (κ1) is 85.2. The van der Waals surface area contributed by atoms with Crippen molar-refractivity contribution >= 4 is 108 Å². The third-order valence-corrected chi connectivity index (χ3v) is 20.7. The lowest BCUT2D eigenvalue weighted by atomic mass is 10.2. The summed E-state index contributed by atoms with van der Waals surface area (Å²) in [5.41, 5.74) is 41.7. The Labute approximate surface area is 713 Å². The van der Waals surface area contributed by atoms with Crippen molar-refractivity contribution < 1.29 is 50.1 Å². The number of nitrogens with two attached hydrogens (primary N) is 6. The summed E-state index contributed by atoms with van der Waals surface area (Å²) < 4.78 is 108. The molecule has 6 aromatic carbocycles. The Balaban J connectivity index is 0.000000130. The zero-order chi connectivity index (χ0) is 88.4. The normalized spacial score (nSPS) is 12.8. The van der Waals surface area contributed by atoms with E-state index in [1.54, 1.807) is 116 Å². The number of fused-ring (bicyclic) bond motifs is 4. The summed E-state index contributed by atoms with van der Waals surface area (Å²) in [6.45, 7) is 7.39. The minimum absolute atomic E-state index is 0.0157. The van der Waals surface area contributed by atoms with Gasteiger partial charge in [0.25, 0.3) is 0 Å². The number of benzene rings is 6. The van der Waals surface area contributed by atoms with E-state index in [9.17, 15) is 35.9 Å². The maximum Gasteiger partial charge on any atom is 0.413 e. The molecule has 13 N–H and O–H groups in total. The van der Waals surface area contributed by atoms with Crippen LogP contribution < -0.4 is 54.3 Å². The number of nitrogens with one attached hydrogen (secondary N) is 1. The summed E-state index contributed by atoms with van der Waals surface area (Å²) in [5.74, 6) is -0.710. The number of halogens is 6. The molecule has 35 nitrogen and oxygen atoms in total. The summed E-state index contributed by atoms with van der Waals surface area (Å²) in [6.07, 6.45) is 16.4. The van der Waals surface area contributed by atoms with E-state index >= 15 is 0 Å². The number of rotatable bonds is 19. The number of nitrogen functional groups attached to an aromatic ring is 6. The number of carbonyl (C=O) groups is 2. The maximum atomic E-state index is 14.9. The van der Waals surface area contributed by atoms with Crippen molar-refractivity contribution in [3.8, 4) is 51.8 Å². The number of ether oxygens (including phenoxy) is 3. The summed E-state index contributed by atoms with van der Waals surface area (Å²) in [7, 11) is 3.85. The predicted octanol–water partition coefficient (Wildman–Crippen LogP) is 12.3. The third kappa shape index (κ3) is 18.4. The van der Waals surface area contributed by atoms with Crippen molar-refractivity contribution in [2.75, 3.05) is 104 Å². The smallest absolute Gasteiger partial charge is 0.413 e. The molecule has 41 heteroatoms. The quantitative estimate of drug-likeness (QED) is 0.0370. The standard InChI is InChI=1S/C25H27F2N7.C23H21F2N5O.C19H18FN9O2.C18H16FN9O2/c1-2-10-32-11-13-33(14-12-32)25-21(28)15-29-24(30-25)22-18-7-5-9-20(27)23(18)34(31-22)16-17-6-3-4-8-19(17)26;24-17-10-4-1-6-14(17)13-30-21-16(9-5-11-18(21)25)20(29-30)23-27-12-19(22(26)28-23)31-15-7-2-3-8-15;1-28(19(30)31-2)15-16(21)25-18(26-17(15)22)13-11-4-3-5-12(20)14(11)29(27-13)8-10-6-23-9-24-7-10;1-30-18(29)24-13-15(20)25-17(26-16(13)21)12-10-3-2-4-11(19)14(10)28(27-12)7-9-5-22-8-23-6-9/h3-9,15H,2,10-14,16,28H2,1H3;1,4-6,9-12,15H,2-3,7-8,13H2,(H2,26,27,28);3-7,9H,8H2,1-2H3,(H4,21,22,25,26);2-6,8H,7H2,1H3,(H,24,29)(H4,20,21,25,26). The molecule has 1 saturated heterocycles. The van der Waals surface area contributed by atoms with Gasteiger partial charge in [-0.05, 0) is 75.0 Å². The highest BCUT2D eigenvalue weighted by Gasteiger charge is 2.30. The topological polar surface area (TPSA) is 466 Å². The van der Waals surface area contributed by atoms with E-state index in [0.29, 0.717) is 67.1 Å². The third-order valence-electron chi connectivity index (χ3n) is 20.7. The van der Waals surface area contributed by atoms with E-state index in [1.165, 1.54) is 95.2 Å². The Morgan fingerprint density at radius 3 is 1.28 bits per heavy atom. The lowest BCUT2D eigenvalue weighted by Crippen LogP contribution is -2.47. The molecule has 0 bridgehead atoms. The van der Waals surface area contributed by atoms with Gasteiger partial charge in [-0.15, -0.1) is 0 Å². The van der Waals surface area contributed by atoms with Crippen molar-refractivity contribution in [1.29, 1.82) is 0 Å². The summed E-state index contributed by atoms with van der Waals surface area (Å²) in [4.78, 5) is 79.7. The molecule has 1 aliphatic heterocycles. The molecular formula is C85H82F6N30O5. The SMILES string of the molecule is CCCN1CCN(c2nc(-c3nn(Cc4ccccc4F)c4c(F)cccc34)ncc2N)CC1.COC(=O)N(C)c1c(N)nc(-c2nn(Cc3cncnc3)c3c(F)cccc23)nc1N.COC(=O)Nc1c(N)nc(-c2nn(Cc3cncnc3)c3c(F)cccc23)nc1N.Nc1nc(-c2nn(Cc3ccccc3F)c3c(F)cccc23)ncc1OC1CCCC1. The predicted molar refractivity (Wildman–Crippen MR) is 461 cm³/mol. The van der Waals surface area contributed by atoms with E-state index in [-0.39, 0.29) is 135 Å². The van der Waals surface area contributed by atoms with Crippen molar-refractivity contribution in [3.05, 3.63) is 228 Å². The molecule has 0 spiro atoms. The number of carbonyl (C=O) groups excluding carboxylic acids is 2. The van der Waals surface area contributed by atoms with Gasteiger partial charge in [0.1, 0.15) is 104 Å². The second kappa shape index (κ2) is 37.7. The first-order chi connectivity index (χ1) is 61.0. The molecule has 2 aliphatic rings. The average Bonchev–Trinajstić information content (AvgIpc) is 1.62. The van der Waals surface area contributed by atoms with Crippen molar-refractivity contribution in [2.24, 2.45) is 0 Å². The van der Waals surface area contributed by atoms with Crippen molar-refractivity contribution in [2.45, 2.75) is 71.3 Å². The van der Waals surface area contributed by atoms with Crippen LogP contribution in [-0.2, 0) is 35.7 Å². The summed E-state index contributed by atoms with van der Waals surface area (Å²) >= 11 is 0. The fourth-order valence-corrected chi connectivity index (χ4v) is 14.7. The molecule has 2 amide bonds. The number of amides is 2. The van der Waals surface area contributed by atoms with Crippen LogP contribution in [0, 0.1) is 34.9 Å². The van der Waals surface area contributed by atoms with Crippen LogP contribution >= 0.6 is 0 Å². The van der Waals surface area contributed by atoms with Crippen LogP contribution in [0.4, 0.5) is 87.9 Å². The summed E-state index contributed by atoms with van der Waals surface area (Å²) in [5, 5.41) is 22.5. The number of hydrogen-bond donors (Lipinski definition) is 7. The Hall–Kier alpha value is -15.8. The Morgan fingerprint density at radius 2 is 0.857 bits per heavy atom. The van der Waals surface area contributed by atoms with Crippen LogP contribution in [0.3, 0.4) is 0 Å². The summed E-state index contributed by atoms with van der Waals surface area (Å²) in [6, 6.07) is 31.4. The van der Waals surface area contributed by atoms with E-state index < -0.39 is 35.5 Å². The van der Waals surface area contributed by atoms with Gasteiger partial charge in [-0.1, -0.05) is 91.9 Å². The molecule has 11 heterocycles. The van der Waals surface area contributed by atoms with Crippen molar-refractivity contribution in [3.63, 3.8) is 0 Å². The lowest BCUT2D eigenvalue weighted by molar-refractivity contribution is 0.180. The van der Waals surface area contributed by atoms with Gasteiger partial charge in [-0.25, -0.2) is 95.7 Å². The highest BCUT2D eigenvalue weighted by molar-refractivity contribution is 5.99. The van der Waals surface area contributed by atoms with Gasteiger partial charge in [-0.3, -0.25) is 33.8 Å². The monoisotopic (exact) mass is 1720 g/mol. The highest BCUT2D eigenvalue weighted by atomic mass is 19.1. The second-order valence-corrected chi connectivity index (χ2v) is 29.0. The van der Waals surface area contributed by atoms with Crippen LogP contribution in [-0.4, -0.2) is 176 Å². The van der Waals surface area contributed by atoms with E-state index in [2.05, 4.69) is 107 Å². The largest absolute Gasteiger partial charge is 0.485 e. The molecule has 644 valence electrons. The van der Waals surface area contributed by atoms with Crippen LogP contribution in [0.1, 0.15) is 61.3 Å². The van der Waals surface area contributed by atoms with Crippen LogP contribution in [0.5, 0.6) is 5.75 Å². The fraction of sp³-hybridized carbons (Fsp3) is 0.224. The molecular weight excluding hydrogens is 1640 g/mol. The van der Waals surface area contributed by atoms with Gasteiger partial charge in [0.15, 0.2) is 64.0 Å². The molecule has 0 radical (unpaired) electrons. The molecule has 18 rings (SSSR count). The number of nitrogens with zero attached hydrogens (tertiary/aromatic N) is 23. The zero-order valence-electron chi connectivity index (χ0n) is 68.2. The van der Waals surface area contributed by atoms with Crippen LogP contribution in [0.2, 0.25) is 0 Å². The molecule has 0 unspecified atom stereocenters. The van der Waals surface area contributed by atoms with Gasteiger partial charge in [0.05, 0.1) is 64.6 Å². The first-order valence-electron chi connectivity index (χ1n) is 39.5. The zero-order valence-corrected chi connectivity index (χ0v) is 68.2. The average molecular weight is 1720 g/mol. The van der Waals surface area contributed by atoms with Gasteiger partial charge >= 0.3 is 12.2 Å². The molecule has 0 atom stereocenters. The van der Waals surface area contributed by atoms with Crippen molar-refractivity contribution in [1.82, 2.24) is 104 Å². The highest BCUT2D eigenvalue weighted by Crippen LogP contribution is 2.39. The number of hydrogen-bond acceptors (Lipinski definition) is 29. The number of piperazine rings is 1. The number of methoxy groups -OCH3 is 2. The number of aromatic nitrogens is 20. The minimum atomic E-state index is -0.772. The van der Waals surface area contributed by atoms with Gasteiger partial charge < -0.3 is 53.5 Å². The van der Waals surface area contributed by atoms with Gasteiger partial charge in [0.2, 0.25) is 0 Å². The molecule has 126 heavy (non-hydrogen) atoms. The van der Waals surface area contributed by atoms with Crippen LogP contribution in [0.15, 0.2) is 171 Å². The molecule has 10 aromatic heterocycles. The molecule has 1 saturated carbocycles. The van der Waals surface area contributed by atoms with E-state index in [1.807, 2.05) is 0 Å².